The van der Waals surface area contributed by atoms with Crippen molar-refractivity contribution in [2.24, 2.45) is 0 Å². The van der Waals surface area contributed by atoms with Crippen LogP contribution in [0.2, 0.25) is 0 Å². The van der Waals surface area contributed by atoms with Crippen LogP contribution in [0, 0.1) is 13.8 Å². The van der Waals surface area contributed by atoms with Gasteiger partial charge in [0.15, 0.2) is 5.11 Å². The van der Waals surface area contributed by atoms with E-state index in [2.05, 4.69) is 45.7 Å². The molecule has 4 rings (SSSR count). The van der Waals surface area contributed by atoms with E-state index in [0.717, 1.165) is 17.4 Å². The third-order valence-corrected chi connectivity index (χ3v) is 6.87. The van der Waals surface area contributed by atoms with Gasteiger partial charge in [-0.3, -0.25) is 4.98 Å². The van der Waals surface area contributed by atoms with Gasteiger partial charge >= 0.3 is 0 Å². The Morgan fingerprint density at radius 2 is 2.00 bits per heavy atom. The fourth-order valence-electron chi connectivity index (χ4n) is 5.18. The van der Waals surface area contributed by atoms with E-state index in [1.807, 2.05) is 18.3 Å². The summed E-state index contributed by atoms with van der Waals surface area (Å²) in [6.45, 7) is 5.95. The van der Waals surface area contributed by atoms with Crippen molar-refractivity contribution < 1.29 is 4.74 Å². The Kier molecular flexibility index (Phi) is 6.20. The van der Waals surface area contributed by atoms with Gasteiger partial charge in [-0.2, -0.15) is 0 Å². The fraction of sp³-hybridized carbons (Fsp3) is 0.565. The van der Waals surface area contributed by atoms with Gasteiger partial charge in [0.25, 0.3) is 0 Å². The molecule has 0 spiro atoms. The summed E-state index contributed by atoms with van der Waals surface area (Å²) >= 11 is 5.74. The van der Waals surface area contributed by atoms with Crippen molar-refractivity contribution >= 4 is 17.3 Å². The second-order valence-electron chi connectivity index (χ2n) is 8.30. The minimum absolute atomic E-state index is 0.0425. The number of ether oxygens (including phenoxy) is 1. The number of aromatic nitrogens is 2. The summed E-state index contributed by atoms with van der Waals surface area (Å²) in [6.07, 6.45) is 8.48. The molecule has 2 aromatic rings. The number of thiocarbonyl (C=S) groups is 1. The number of rotatable bonds is 6. The van der Waals surface area contributed by atoms with Gasteiger partial charge in [-0.25, -0.2) is 0 Å². The molecule has 0 amide bonds. The predicted octanol–water partition coefficient (Wildman–Crippen LogP) is 4.62. The number of aryl methyl sites for hydroxylation is 1. The normalized spacial score (nSPS) is 22.9. The number of methoxy groups -OCH3 is 1. The lowest BCUT2D eigenvalue weighted by Crippen LogP contribution is -2.32. The maximum atomic E-state index is 5.74. The van der Waals surface area contributed by atoms with Crippen LogP contribution in [0.5, 0.6) is 0 Å². The van der Waals surface area contributed by atoms with Crippen molar-refractivity contribution in [2.75, 3.05) is 20.3 Å². The van der Waals surface area contributed by atoms with Crippen molar-refractivity contribution in [3.05, 3.63) is 53.1 Å². The van der Waals surface area contributed by atoms with E-state index in [1.165, 1.54) is 49.1 Å². The molecule has 0 bridgehead atoms. The zero-order valence-corrected chi connectivity index (χ0v) is 18.5. The zero-order valence-electron chi connectivity index (χ0n) is 17.7. The highest BCUT2D eigenvalue weighted by Gasteiger charge is 2.41. The van der Waals surface area contributed by atoms with Crippen LogP contribution in [0.15, 0.2) is 30.5 Å². The van der Waals surface area contributed by atoms with Gasteiger partial charge in [-0.05, 0) is 62.7 Å². The molecule has 3 heterocycles. The molecule has 2 aromatic heterocycles. The number of hydrogen-bond donors (Lipinski definition) is 1. The molecule has 0 radical (unpaired) electrons. The van der Waals surface area contributed by atoms with Gasteiger partial charge in [-0.15, -0.1) is 0 Å². The first kappa shape index (κ1) is 20.4. The summed E-state index contributed by atoms with van der Waals surface area (Å²) in [7, 11) is 1.74. The monoisotopic (exact) mass is 412 g/mol. The lowest BCUT2D eigenvalue weighted by atomic mass is 9.94. The van der Waals surface area contributed by atoms with Gasteiger partial charge in [-0.1, -0.05) is 25.3 Å². The molecule has 2 aliphatic rings. The maximum Gasteiger partial charge on any atom is 0.170 e. The Morgan fingerprint density at radius 3 is 2.69 bits per heavy atom. The topological polar surface area (TPSA) is 42.3 Å². The summed E-state index contributed by atoms with van der Waals surface area (Å²) in [6, 6.07) is 9.26. The quantitative estimate of drug-likeness (QED) is 0.701. The van der Waals surface area contributed by atoms with E-state index >= 15 is 0 Å². The first-order valence-corrected chi connectivity index (χ1v) is 11.2. The molecule has 5 nitrogen and oxygen atoms in total. The molecule has 1 saturated carbocycles. The van der Waals surface area contributed by atoms with Crippen LogP contribution in [0.3, 0.4) is 0 Å². The third-order valence-electron chi connectivity index (χ3n) is 6.52. The van der Waals surface area contributed by atoms with E-state index < -0.39 is 0 Å². The van der Waals surface area contributed by atoms with E-state index in [-0.39, 0.29) is 12.1 Å². The highest BCUT2D eigenvalue weighted by atomic mass is 32.1. The van der Waals surface area contributed by atoms with Crippen LogP contribution in [-0.4, -0.2) is 39.8 Å². The van der Waals surface area contributed by atoms with Crippen LogP contribution in [0.1, 0.15) is 72.9 Å². The Labute approximate surface area is 179 Å². The largest absolute Gasteiger partial charge is 0.383 e. The van der Waals surface area contributed by atoms with Crippen molar-refractivity contribution in [3.8, 4) is 0 Å². The van der Waals surface area contributed by atoms with Gasteiger partial charge in [0.2, 0.25) is 0 Å². The smallest absolute Gasteiger partial charge is 0.170 e. The average Bonchev–Trinajstić information content (AvgIpc) is 3.23. The van der Waals surface area contributed by atoms with E-state index in [0.29, 0.717) is 12.6 Å². The molecule has 156 valence electrons. The number of nitrogens with zero attached hydrogens (tertiary/aromatic N) is 3. The molecule has 2 unspecified atom stereocenters. The van der Waals surface area contributed by atoms with Gasteiger partial charge in [0.05, 0.1) is 24.4 Å². The highest BCUT2D eigenvalue weighted by Crippen LogP contribution is 2.42. The molecule has 6 heteroatoms. The lowest BCUT2D eigenvalue weighted by Gasteiger charge is -2.29. The Hall–Kier alpha value is -1.92. The summed E-state index contributed by atoms with van der Waals surface area (Å²) < 4.78 is 7.96. The average molecular weight is 413 g/mol. The molecule has 1 aliphatic heterocycles. The molecule has 29 heavy (non-hydrogen) atoms. The molecular weight excluding hydrogens is 380 g/mol. The first-order chi connectivity index (χ1) is 14.1. The molecule has 2 atom stereocenters. The SMILES string of the molecule is COCCN1C(=S)NC(c2ccccn2)C1c1cc(C)n(C2CCCCC2)c1C. The molecule has 1 aliphatic carbocycles. The minimum atomic E-state index is 0.0425. The minimum Gasteiger partial charge on any atom is -0.383 e. The Balaban J connectivity index is 1.74. The van der Waals surface area contributed by atoms with Crippen LogP contribution in [0.4, 0.5) is 0 Å². The lowest BCUT2D eigenvalue weighted by molar-refractivity contribution is 0.164. The van der Waals surface area contributed by atoms with Crippen molar-refractivity contribution in [3.63, 3.8) is 0 Å². The Bertz CT molecular complexity index is 844. The van der Waals surface area contributed by atoms with Crippen LogP contribution in [-0.2, 0) is 4.74 Å². The third kappa shape index (κ3) is 3.92. The summed E-state index contributed by atoms with van der Waals surface area (Å²) in [4.78, 5) is 6.93. The van der Waals surface area contributed by atoms with Crippen molar-refractivity contribution in [1.29, 1.82) is 0 Å². The van der Waals surface area contributed by atoms with Gasteiger partial charge in [0, 0.05) is 37.3 Å². The van der Waals surface area contributed by atoms with Crippen LogP contribution >= 0.6 is 12.2 Å². The second-order valence-corrected chi connectivity index (χ2v) is 8.69. The van der Waals surface area contributed by atoms with Gasteiger partial charge < -0.3 is 19.5 Å². The van der Waals surface area contributed by atoms with Crippen molar-refractivity contribution in [1.82, 2.24) is 19.8 Å². The zero-order chi connectivity index (χ0) is 20.4. The van der Waals surface area contributed by atoms with Crippen LogP contribution in [0.25, 0.3) is 0 Å². The van der Waals surface area contributed by atoms with Crippen LogP contribution < -0.4 is 5.32 Å². The fourth-order valence-corrected chi connectivity index (χ4v) is 5.51. The molecular formula is C23H32N4OS. The predicted molar refractivity (Wildman–Crippen MR) is 120 cm³/mol. The second kappa shape index (κ2) is 8.84. The number of hydrogen-bond acceptors (Lipinski definition) is 3. The van der Waals surface area contributed by atoms with Crippen molar-refractivity contribution in [2.45, 2.75) is 64.1 Å². The molecule has 2 fully saturated rings. The summed E-state index contributed by atoms with van der Waals surface area (Å²) in [5.74, 6) is 0. The molecule has 1 N–H and O–H groups in total. The standard InChI is InChI=1S/C23H32N4OS/c1-16-15-19(17(2)27(16)18-9-5-4-6-10-18)22-21(20-11-7-8-12-24-20)25-23(29)26(22)13-14-28-3/h7-8,11-12,15,18,21-22H,4-6,9-10,13-14H2,1-3H3,(H,25,29). The van der Waals surface area contributed by atoms with E-state index in [1.54, 1.807) is 7.11 Å². The summed E-state index contributed by atoms with van der Waals surface area (Å²) in [5, 5.41) is 4.33. The molecule has 1 saturated heterocycles. The highest BCUT2D eigenvalue weighted by molar-refractivity contribution is 7.80. The Morgan fingerprint density at radius 1 is 1.21 bits per heavy atom. The first-order valence-electron chi connectivity index (χ1n) is 10.8. The van der Waals surface area contributed by atoms with E-state index in [4.69, 9.17) is 17.0 Å². The van der Waals surface area contributed by atoms with Gasteiger partial charge in [0.1, 0.15) is 0 Å². The van der Waals surface area contributed by atoms with E-state index in [9.17, 15) is 0 Å². The maximum absolute atomic E-state index is 5.74. The summed E-state index contributed by atoms with van der Waals surface area (Å²) in [5.41, 5.74) is 5.11. The molecule has 0 aromatic carbocycles. The number of nitrogens with one attached hydrogen (secondary N) is 1. The number of pyridine rings is 1.